The zero-order valence-electron chi connectivity index (χ0n) is 14.2. The van der Waals surface area contributed by atoms with Crippen molar-refractivity contribution in [1.29, 1.82) is 0 Å². The Morgan fingerprint density at radius 3 is 2.64 bits per heavy atom. The van der Waals surface area contributed by atoms with E-state index in [1.54, 1.807) is 19.4 Å². The fourth-order valence-corrected chi connectivity index (χ4v) is 2.60. The van der Waals surface area contributed by atoms with Crippen molar-refractivity contribution in [3.8, 4) is 22.8 Å². The van der Waals surface area contributed by atoms with Crippen LogP contribution in [-0.2, 0) is 4.74 Å². The SMILES string of the molecule is COC[C@@H](C)NC(=O)c1ccccc1-c1ncc(-c2ccccc2)o1. The number of amides is 1. The number of hydrogen-bond donors (Lipinski definition) is 1. The average Bonchev–Trinajstić information content (AvgIpc) is 3.12. The first-order chi connectivity index (χ1) is 12.2. The molecule has 0 fully saturated rings. The number of carbonyl (C=O) groups is 1. The number of hydrogen-bond acceptors (Lipinski definition) is 4. The van der Waals surface area contributed by atoms with Gasteiger partial charge in [-0.05, 0) is 19.1 Å². The van der Waals surface area contributed by atoms with Crippen molar-refractivity contribution in [2.24, 2.45) is 0 Å². The molecule has 128 valence electrons. The second-order valence-corrected chi connectivity index (χ2v) is 5.77. The predicted octanol–water partition coefficient (Wildman–Crippen LogP) is 3.77. The van der Waals surface area contributed by atoms with Crippen molar-refractivity contribution in [2.45, 2.75) is 13.0 Å². The van der Waals surface area contributed by atoms with Gasteiger partial charge < -0.3 is 14.5 Å². The van der Waals surface area contributed by atoms with Crippen molar-refractivity contribution in [1.82, 2.24) is 10.3 Å². The van der Waals surface area contributed by atoms with Gasteiger partial charge in [-0.3, -0.25) is 4.79 Å². The summed E-state index contributed by atoms with van der Waals surface area (Å²) in [6.45, 7) is 2.34. The van der Waals surface area contributed by atoms with E-state index < -0.39 is 0 Å². The van der Waals surface area contributed by atoms with E-state index in [0.717, 1.165) is 5.56 Å². The number of oxazole rings is 1. The van der Waals surface area contributed by atoms with E-state index in [0.29, 0.717) is 29.4 Å². The van der Waals surface area contributed by atoms with E-state index in [-0.39, 0.29) is 11.9 Å². The standard InChI is InChI=1S/C20H20N2O3/c1-14(13-24-2)22-19(23)16-10-6-7-11-17(16)20-21-12-18(25-20)15-8-4-3-5-9-15/h3-12,14H,13H2,1-2H3,(H,22,23)/t14-/m1/s1. The molecule has 1 amide bonds. The van der Waals surface area contributed by atoms with Crippen LogP contribution in [-0.4, -0.2) is 30.6 Å². The maximum Gasteiger partial charge on any atom is 0.252 e. The van der Waals surface area contributed by atoms with Gasteiger partial charge in [0.2, 0.25) is 5.89 Å². The van der Waals surface area contributed by atoms with Crippen LogP contribution in [0, 0.1) is 0 Å². The van der Waals surface area contributed by atoms with E-state index in [9.17, 15) is 4.79 Å². The van der Waals surface area contributed by atoms with Gasteiger partial charge in [0.05, 0.1) is 18.4 Å². The number of benzene rings is 2. The Labute approximate surface area is 146 Å². The van der Waals surface area contributed by atoms with Crippen LogP contribution in [0.15, 0.2) is 65.2 Å². The lowest BCUT2D eigenvalue weighted by atomic mass is 10.1. The van der Waals surface area contributed by atoms with Gasteiger partial charge in [-0.1, -0.05) is 42.5 Å². The van der Waals surface area contributed by atoms with Gasteiger partial charge in [0.1, 0.15) is 0 Å². The van der Waals surface area contributed by atoms with Crippen molar-refractivity contribution in [3.63, 3.8) is 0 Å². The van der Waals surface area contributed by atoms with Crippen LogP contribution in [0.1, 0.15) is 17.3 Å². The highest BCUT2D eigenvalue weighted by Gasteiger charge is 2.18. The molecule has 3 aromatic rings. The van der Waals surface area contributed by atoms with Gasteiger partial charge in [0, 0.05) is 24.3 Å². The van der Waals surface area contributed by atoms with Crippen LogP contribution in [0.5, 0.6) is 0 Å². The van der Waals surface area contributed by atoms with Crippen molar-refractivity contribution < 1.29 is 13.9 Å². The minimum Gasteiger partial charge on any atom is -0.436 e. The molecule has 0 aliphatic carbocycles. The predicted molar refractivity (Wildman–Crippen MR) is 96.2 cm³/mol. The van der Waals surface area contributed by atoms with Crippen molar-refractivity contribution in [2.75, 3.05) is 13.7 Å². The molecule has 0 aliphatic heterocycles. The summed E-state index contributed by atoms with van der Waals surface area (Å²) in [5.41, 5.74) is 2.12. The highest BCUT2D eigenvalue weighted by atomic mass is 16.5. The lowest BCUT2D eigenvalue weighted by molar-refractivity contribution is 0.0906. The molecule has 25 heavy (non-hydrogen) atoms. The monoisotopic (exact) mass is 336 g/mol. The van der Waals surface area contributed by atoms with Gasteiger partial charge in [-0.25, -0.2) is 4.98 Å². The topological polar surface area (TPSA) is 64.4 Å². The smallest absolute Gasteiger partial charge is 0.252 e. The molecule has 1 aromatic heterocycles. The van der Waals surface area contributed by atoms with Crippen LogP contribution >= 0.6 is 0 Å². The molecule has 1 N–H and O–H groups in total. The minimum atomic E-state index is -0.181. The first-order valence-corrected chi connectivity index (χ1v) is 8.09. The Morgan fingerprint density at radius 1 is 1.16 bits per heavy atom. The van der Waals surface area contributed by atoms with E-state index in [1.165, 1.54) is 0 Å². The third-order valence-corrected chi connectivity index (χ3v) is 3.76. The lowest BCUT2D eigenvalue weighted by Gasteiger charge is -2.14. The maximum absolute atomic E-state index is 12.6. The number of carbonyl (C=O) groups excluding carboxylic acids is 1. The quantitative estimate of drug-likeness (QED) is 0.744. The van der Waals surface area contributed by atoms with Crippen LogP contribution in [0.3, 0.4) is 0 Å². The van der Waals surface area contributed by atoms with Gasteiger partial charge in [-0.15, -0.1) is 0 Å². The summed E-state index contributed by atoms with van der Waals surface area (Å²) in [7, 11) is 1.61. The summed E-state index contributed by atoms with van der Waals surface area (Å²) in [5.74, 6) is 0.905. The lowest BCUT2D eigenvalue weighted by Crippen LogP contribution is -2.35. The number of ether oxygens (including phenoxy) is 1. The molecular formula is C20H20N2O3. The Bertz CT molecular complexity index is 843. The van der Waals surface area contributed by atoms with E-state index in [1.807, 2.05) is 55.5 Å². The number of nitrogens with zero attached hydrogens (tertiary/aromatic N) is 1. The molecule has 5 heteroatoms. The second-order valence-electron chi connectivity index (χ2n) is 5.77. The Morgan fingerprint density at radius 2 is 1.88 bits per heavy atom. The molecule has 1 atom stereocenters. The molecule has 0 aliphatic rings. The summed E-state index contributed by atoms with van der Waals surface area (Å²) < 4.78 is 10.9. The van der Waals surface area contributed by atoms with Gasteiger partial charge >= 0.3 is 0 Å². The fraction of sp³-hybridized carbons (Fsp3) is 0.200. The zero-order chi connectivity index (χ0) is 17.6. The third kappa shape index (κ3) is 3.95. The van der Waals surface area contributed by atoms with Gasteiger partial charge in [-0.2, -0.15) is 0 Å². The first-order valence-electron chi connectivity index (χ1n) is 8.09. The van der Waals surface area contributed by atoms with Crippen molar-refractivity contribution in [3.05, 3.63) is 66.4 Å². The molecular weight excluding hydrogens is 316 g/mol. The number of rotatable bonds is 6. The van der Waals surface area contributed by atoms with E-state index in [2.05, 4.69) is 10.3 Å². The summed E-state index contributed by atoms with van der Waals surface area (Å²) in [6.07, 6.45) is 1.67. The zero-order valence-corrected chi connectivity index (χ0v) is 14.2. The third-order valence-electron chi connectivity index (χ3n) is 3.76. The normalized spacial score (nSPS) is 11.9. The average molecular weight is 336 g/mol. The molecule has 2 aromatic carbocycles. The molecule has 0 unspecified atom stereocenters. The number of aromatic nitrogens is 1. The molecule has 3 rings (SSSR count). The van der Waals surface area contributed by atoms with E-state index >= 15 is 0 Å². The van der Waals surface area contributed by atoms with E-state index in [4.69, 9.17) is 9.15 Å². The Balaban J connectivity index is 1.89. The van der Waals surface area contributed by atoms with Gasteiger partial charge in [0.15, 0.2) is 5.76 Å². The Hall–Kier alpha value is -2.92. The fourth-order valence-electron chi connectivity index (χ4n) is 2.60. The molecule has 1 heterocycles. The second kappa shape index (κ2) is 7.77. The number of nitrogens with one attached hydrogen (secondary N) is 1. The van der Waals surface area contributed by atoms with Crippen molar-refractivity contribution >= 4 is 5.91 Å². The highest BCUT2D eigenvalue weighted by Crippen LogP contribution is 2.28. The van der Waals surface area contributed by atoms with Crippen LogP contribution in [0.25, 0.3) is 22.8 Å². The summed E-state index contributed by atoms with van der Waals surface area (Å²) in [6, 6.07) is 16.9. The summed E-state index contributed by atoms with van der Waals surface area (Å²) in [4.78, 5) is 16.9. The summed E-state index contributed by atoms with van der Waals surface area (Å²) in [5, 5.41) is 2.91. The summed E-state index contributed by atoms with van der Waals surface area (Å²) >= 11 is 0. The molecule has 0 saturated carbocycles. The minimum absolute atomic E-state index is 0.0880. The van der Waals surface area contributed by atoms with Gasteiger partial charge in [0.25, 0.3) is 5.91 Å². The molecule has 0 spiro atoms. The maximum atomic E-state index is 12.6. The molecule has 0 saturated heterocycles. The van der Waals surface area contributed by atoms with Crippen LogP contribution < -0.4 is 5.32 Å². The largest absolute Gasteiger partial charge is 0.436 e. The Kier molecular flexibility index (Phi) is 5.26. The van der Waals surface area contributed by atoms with Crippen LogP contribution in [0.2, 0.25) is 0 Å². The van der Waals surface area contributed by atoms with Crippen LogP contribution in [0.4, 0.5) is 0 Å². The molecule has 0 bridgehead atoms. The molecule has 5 nitrogen and oxygen atoms in total. The molecule has 0 radical (unpaired) electrons. The number of methoxy groups -OCH3 is 1. The first kappa shape index (κ1) is 16.9. The highest BCUT2D eigenvalue weighted by molar-refractivity contribution is 6.00.